The molecule has 2 heterocycles. The summed E-state index contributed by atoms with van der Waals surface area (Å²) in [6, 6.07) is 0.275. The number of hydrogen-bond acceptors (Lipinski definition) is 5. The maximum Gasteiger partial charge on any atom is 0.233 e. The van der Waals surface area contributed by atoms with Crippen molar-refractivity contribution in [3.8, 4) is 0 Å². The molecular formula is C12H22N4O2S. The Kier molecular flexibility index (Phi) is 5.33. The molecule has 0 bridgehead atoms. The fourth-order valence-electron chi connectivity index (χ4n) is 2.57. The van der Waals surface area contributed by atoms with E-state index in [4.69, 9.17) is 10.9 Å². The van der Waals surface area contributed by atoms with Gasteiger partial charge in [-0.25, -0.2) is 0 Å². The average molecular weight is 286 g/mol. The van der Waals surface area contributed by atoms with Gasteiger partial charge in [0.1, 0.15) is 0 Å². The molecule has 0 aromatic carbocycles. The molecule has 6 nitrogen and oxygen atoms in total. The van der Waals surface area contributed by atoms with Crippen LogP contribution >= 0.6 is 11.8 Å². The Balaban J connectivity index is 1.69. The molecule has 2 aliphatic heterocycles. The predicted molar refractivity (Wildman–Crippen MR) is 76.5 cm³/mol. The minimum Gasteiger partial charge on any atom is -0.409 e. The van der Waals surface area contributed by atoms with E-state index in [9.17, 15) is 4.79 Å². The first-order valence-corrected chi connectivity index (χ1v) is 7.84. The summed E-state index contributed by atoms with van der Waals surface area (Å²) in [6.07, 6.45) is 4.03. The van der Waals surface area contributed by atoms with E-state index in [1.807, 2.05) is 0 Å². The van der Waals surface area contributed by atoms with E-state index < -0.39 is 0 Å². The lowest BCUT2D eigenvalue weighted by molar-refractivity contribution is -0.121. The Bertz CT molecular complexity index is 337. The second-order valence-electron chi connectivity index (χ2n) is 5.15. The number of piperidine rings is 1. The van der Waals surface area contributed by atoms with Crippen molar-refractivity contribution < 1.29 is 10.0 Å². The van der Waals surface area contributed by atoms with Gasteiger partial charge in [-0.1, -0.05) is 5.16 Å². The van der Waals surface area contributed by atoms with Crippen LogP contribution in [0.25, 0.3) is 0 Å². The van der Waals surface area contributed by atoms with E-state index >= 15 is 0 Å². The van der Waals surface area contributed by atoms with Crippen LogP contribution in [0.1, 0.15) is 25.7 Å². The molecule has 2 aliphatic rings. The van der Waals surface area contributed by atoms with Gasteiger partial charge in [-0.05, 0) is 31.4 Å². The zero-order valence-electron chi connectivity index (χ0n) is 11.0. The highest BCUT2D eigenvalue weighted by Crippen LogP contribution is 2.26. The molecule has 0 aliphatic carbocycles. The SMILES string of the molecule is NC(CN1CCC(NC(=O)C2CCCS2)CC1)=NO. The molecule has 108 valence electrons. The number of nitrogens with zero attached hydrogens (tertiary/aromatic N) is 2. The number of hydrogen-bond donors (Lipinski definition) is 3. The highest BCUT2D eigenvalue weighted by molar-refractivity contribution is 8.00. The van der Waals surface area contributed by atoms with E-state index in [1.54, 1.807) is 11.8 Å². The molecule has 2 saturated heterocycles. The van der Waals surface area contributed by atoms with Crippen LogP contribution in [0.5, 0.6) is 0 Å². The number of thioether (sulfide) groups is 1. The van der Waals surface area contributed by atoms with Gasteiger partial charge in [0, 0.05) is 19.1 Å². The van der Waals surface area contributed by atoms with Gasteiger partial charge in [-0.3, -0.25) is 9.69 Å². The summed E-state index contributed by atoms with van der Waals surface area (Å²) in [4.78, 5) is 14.1. The summed E-state index contributed by atoms with van der Waals surface area (Å²) in [6.45, 7) is 2.24. The summed E-state index contributed by atoms with van der Waals surface area (Å²) in [5.74, 6) is 1.55. The van der Waals surface area contributed by atoms with Crippen LogP contribution in [0.4, 0.5) is 0 Å². The first-order chi connectivity index (χ1) is 9.19. The zero-order chi connectivity index (χ0) is 13.7. The van der Waals surface area contributed by atoms with Crippen LogP contribution < -0.4 is 11.1 Å². The van der Waals surface area contributed by atoms with Crippen molar-refractivity contribution in [2.45, 2.75) is 37.0 Å². The molecule has 2 fully saturated rings. The standard InChI is InChI=1S/C12H22N4O2S/c13-11(15-18)8-16-5-3-9(4-6-16)14-12(17)10-2-1-7-19-10/h9-10,18H,1-8H2,(H2,13,15)(H,14,17). The summed E-state index contributed by atoms with van der Waals surface area (Å²) >= 11 is 1.77. The Morgan fingerprint density at radius 3 is 2.74 bits per heavy atom. The third kappa shape index (κ3) is 4.28. The van der Waals surface area contributed by atoms with Gasteiger partial charge in [-0.2, -0.15) is 0 Å². The molecule has 0 aromatic rings. The largest absolute Gasteiger partial charge is 0.409 e. The van der Waals surface area contributed by atoms with Gasteiger partial charge in [0.05, 0.1) is 11.8 Å². The molecule has 1 amide bonds. The molecule has 0 spiro atoms. The molecule has 4 N–H and O–H groups in total. The molecule has 2 rings (SSSR count). The fourth-order valence-corrected chi connectivity index (χ4v) is 3.75. The quantitative estimate of drug-likeness (QED) is 0.297. The van der Waals surface area contributed by atoms with E-state index in [0.717, 1.165) is 44.5 Å². The lowest BCUT2D eigenvalue weighted by Crippen LogP contribution is -2.48. The number of carbonyl (C=O) groups is 1. The average Bonchev–Trinajstić information content (AvgIpc) is 2.95. The number of amidine groups is 1. The first-order valence-electron chi connectivity index (χ1n) is 6.80. The molecule has 0 radical (unpaired) electrons. The van der Waals surface area contributed by atoms with Gasteiger partial charge in [0.15, 0.2) is 5.84 Å². The molecule has 0 saturated carbocycles. The van der Waals surface area contributed by atoms with Crippen molar-refractivity contribution in [1.82, 2.24) is 10.2 Å². The van der Waals surface area contributed by atoms with Crippen molar-refractivity contribution in [2.24, 2.45) is 10.9 Å². The van der Waals surface area contributed by atoms with Crippen LogP contribution in [-0.2, 0) is 4.79 Å². The predicted octanol–water partition coefficient (Wildman–Crippen LogP) is 0.209. The highest BCUT2D eigenvalue weighted by Gasteiger charge is 2.27. The molecule has 1 unspecified atom stereocenters. The van der Waals surface area contributed by atoms with Gasteiger partial charge >= 0.3 is 0 Å². The number of rotatable bonds is 4. The fraction of sp³-hybridized carbons (Fsp3) is 0.833. The lowest BCUT2D eigenvalue weighted by atomic mass is 10.0. The van der Waals surface area contributed by atoms with E-state index in [2.05, 4.69) is 15.4 Å². The third-order valence-corrected chi connectivity index (χ3v) is 5.05. The van der Waals surface area contributed by atoms with Gasteiger partial charge < -0.3 is 16.3 Å². The minimum atomic E-state index is 0.162. The molecular weight excluding hydrogens is 264 g/mol. The first kappa shape index (κ1) is 14.5. The number of oxime groups is 1. The van der Waals surface area contributed by atoms with Crippen molar-refractivity contribution in [3.63, 3.8) is 0 Å². The second kappa shape index (κ2) is 7.00. The highest BCUT2D eigenvalue weighted by atomic mass is 32.2. The van der Waals surface area contributed by atoms with Gasteiger partial charge in [-0.15, -0.1) is 11.8 Å². The Labute approximate surface area is 117 Å². The van der Waals surface area contributed by atoms with E-state index in [1.165, 1.54) is 0 Å². The monoisotopic (exact) mass is 286 g/mol. The van der Waals surface area contributed by atoms with Crippen LogP contribution in [0.15, 0.2) is 5.16 Å². The zero-order valence-corrected chi connectivity index (χ0v) is 11.9. The summed E-state index contributed by atoms with van der Waals surface area (Å²) in [7, 11) is 0. The van der Waals surface area contributed by atoms with Gasteiger partial charge in [0.2, 0.25) is 5.91 Å². The third-order valence-electron chi connectivity index (χ3n) is 3.67. The molecule has 1 atom stereocenters. The van der Waals surface area contributed by atoms with Crippen molar-refractivity contribution in [1.29, 1.82) is 0 Å². The molecule has 0 aromatic heterocycles. The summed E-state index contributed by atoms with van der Waals surface area (Å²) < 4.78 is 0. The minimum absolute atomic E-state index is 0.162. The lowest BCUT2D eigenvalue weighted by Gasteiger charge is -2.32. The Morgan fingerprint density at radius 2 is 2.16 bits per heavy atom. The Hall–Kier alpha value is -0.950. The normalized spacial score (nSPS) is 26.5. The molecule has 7 heteroatoms. The maximum absolute atomic E-state index is 12.0. The number of nitrogens with one attached hydrogen (secondary N) is 1. The summed E-state index contributed by atoms with van der Waals surface area (Å²) in [5.41, 5.74) is 5.49. The van der Waals surface area contributed by atoms with Crippen LogP contribution in [0.2, 0.25) is 0 Å². The topological polar surface area (TPSA) is 91.0 Å². The number of likely N-dealkylation sites (tertiary alicyclic amines) is 1. The number of carbonyl (C=O) groups excluding carboxylic acids is 1. The van der Waals surface area contributed by atoms with Crippen LogP contribution in [0, 0.1) is 0 Å². The van der Waals surface area contributed by atoms with Crippen molar-refractivity contribution in [3.05, 3.63) is 0 Å². The molecule has 19 heavy (non-hydrogen) atoms. The smallest absolute Gasteiger partial charge is 0.233 e. The summed E-state index contributed by atoms with van der Waals surface area (Å²) in [5, 5.41) is 14.8. The Morgan fingerprint density at radius 1 is 1.42 bits per heavy atom. The van der Waals surface area contributed by atoms with Crippen molar-refractivity contribution >= 4 is 23.5 Å². The number of amides is 1. The van der Waals surface area contributed by atoms with Crippen LogP contribution in [0.3, 0.4) is 0 Å². The van der Waals surface area contributed by atoms with Crippen LogP contribution in [-0.4, -0.2) is 58.5 Å². The number of nitrogens with two attached hydrogens (primary N) is 1. The second-order valence-corrected chi connectivity index (χ2v) is 6.46. The van der Waals surface area contributed by atoms with E-state index in [0.29, 0.717) is 6.54 Å². The van der Waals surface area contributed by atoms with E-state index in [-0.39, 0.29) is 23.0 Å². The van der Waals surface area contributed by atoms with Gasteiger partial charge in [0.25, 0.3) is 0 Å². The maximum atomic E-state index is 12.0. The van der Waals surface area contributed by atoms with Crippen molar-refractivity contribution in [2.75, 3.05) is 25.4 Å².